The van der Waals surface area contributed by atoms with Gasteiger partial charge in [0, 0.05) is 29.1 Å². The Labute approximate surface area is 186 Å². The summed E-state index contributed by atoms with van der Waals surface area (Å²) in [4.78, 5) is 14.5. The normalized spacial score (nSPS) is 11.1. The van der Waals surface area contributed by atoms with E-state index in [1.807, 2.05) is 54.7 Å². The number of benzene rings is 4. The van der Waals surface area contributed by atoms with E-state index < -0.39 is 0 Å². The van der Waals surface area contributed by atoms with Gasteiger partial charge in [-0.25, -0.2) is 9.97 Å². The first kappa shape index (κ1) is 18.4. The van der Waals surface area contributed by atoms with E-state index in [-0.39, 0.29) is 0 Å². The van der Waals surface area contributed by atoms with Gasteiger partial charge in [-0.3, -0.25) is 4.98 Å². The fourth-order valence-electron chi connectivity index (χ4n) is 4.28. The molecule has 150 valence electrons. The van der Waals surface area contributed by atoms with Crippen LogP contribution in [0.5, 0.6) is 0 Å². The smallest absolute Gasteiger partial charge is 0.0979 e. The van der Waals surface area contributed by atoms with E-state index in [9.17, 15) is 0 Å². The van der Waals surface area contributed by atoms with Gasteiger partial charge in [-0.1, -0.05) is 84.9 Å². The fraction of sp³-hybridized carbons (Fsp3) is 0. The van der Waals surface area contributed by atoms with Gasteiger partial charge in [0.05, 0.1) is 22.4 Å². The average molecular weight is 409 g/mol. The van der Waals surface area contributed by atoms with Gasteiger partial charge in [0.25, 0.3) is 0 Å². The number of hydrogen-bond acceptors (Lipinski definition) is 3. The quantitative estimate of drug-likeness (QED) is 0.311. The molecule has 0 atom stereocenters. The molecule has 0 aliphatic heterocycles. The second-order valence-corrected chi connectivity index (χ2v) is 7.72. The maximum absolute atomic E-state index is 5.10. The highest BCUT2D eigenvalue weighted by atomic mass is 14.8. The van der Waals surface area contributed by atoms with Crippen LogP contribution in [0.2, 0.25) is 0 Å². The second kappa shape index (κ2) is 7.71. The van der Waals surface area contributed by atoms with Gasteiger partial charge in [0.1, 0.15) is 0 Å². The van der Waals surface area contributed by atoms with Gasteiger partial charge in [0.2, 0.25) is 0 Å². The van der Waals surface area contributed by atoms with Crippen molar-refractivity contribution in [1.82, 2.24) is 15.0 Å². The zero-order chi connectivity index (χ0) is 21.3. The minimum atomic E-state index is 0.891. The number of fused-ring (bicyclic) bond motifs is 2. The van der Waals surface area contributed by atoms with Crippen molar-refractivity contribution in [3.05, 3.63) is 116 Å². The van der Waals surface area contributed by atoms with Crippen molar-refractivity contribution in [2.75, 3.05) is 0 Å². The molecule has 0 unspecified atom stereocenters. The second-order valence-electron chi connectivity index (χ2n) is 7.72. The molecule has 0 spiro atoms. The highest BCUT2D eigenvalue weighted by Gasteiger charge is 2.16. The van der Waals surface area contributed by atoms with Crippen molar-refractivity contribution < 1.29 is 0 Å². The van der Waals surface area contributed by atoms with Crippen LogP contribution < -0.4 is 0 Å². The molecule has 3 nitrogen and oxygen atoms in total. The third kappa shape index (κ3) is 3.12. The molecule has 2 heterocycles. The molecule has 0 N–H and O–H groups in total. The van der Waals surface area contributed by atoms with Gasteiger partial charge < -0.3 is 0 Å². The Balaban J connectivity index is 1.67. The van der Waals surface area contributed by atoms with E-state index >= 15 is 0 Å². The molecule has 6 aromatic rings. The van der Waals surface area contributed by atoms with Crippen molar-refractivity contribution in [2.24, 2.45) is 0 Å². The Kier molecular flexibility index (Phi) is 4.43. The summed E-state index contributed by atoms with van der Waals surface area (Å²) in [7, 11) is 0. The van der Waals surface area contributed by atoms with Crippen molar-refractivity contribution >= 4 is 21.8 Å². The molecule has 0 aliphatic carbocycles. The zero-order valence-electron chi connectivity index (χ0n) is 17.3. The average Bonchev–Trinajstić information content (AvgIpc) is 2.88. The number of hydrogen-bond donors (Lipinski definition) is 0. The SMILES string of the molecule is c1ccc(-c2nc3ccccc3nc2-c2cccc3c(-c4cccnc4)cccc23)cc1. The van der Waals surface area contributed by atoms with Crippen LogP contribution in [0.15, 0.2) is 116 Å². The molecular formula is C29H19N3. The lowest BCUT2D eigenvalue weighted by Crippen LogP contribution is -1.96. The van der Waals surface area contributed by atoms with Gasteiger partial charge in [0.15, 0.2) is 0 Å². The maximum Gasteiger partial charge on any atom is 0.0979 e. The molecule has 0 bridgehead atoms. The molecule has 4 aromatic carbocycles. The van der Waals surface area contributed by atoms with Crippen LogP contribution in [0.3, 0.4) is 0 Å². The van der Waals surface area contributed by atoms with Crippen molar-refractivity contribution in [2.45, 2.75) is 0 Å². The van der Waals surface area contributed by atoms with E-state index in [2.05, 4.69) is 59.6 Å². The Morgan fingerprint density at radius 1 is 0.438 bits per heavy atom. The molecule has 0 fully saturated rings. The molecule has 32 heavy (non-hydrogen) atoms. The molecule has 2 aromatic heterocycles. The van der Waals surface area contributed by atoms with Crippen LogP contribution in [-0.2, 0) is 0 Å². The zero-order valence-corrected chi connectivity index (χ0v) is 17.3. The standard InChI is InChI=1S/C29H19N3/c1-2-9-20(10-3-1)28-29(32-27-17-5-4-16-26(27)31-28)25-15-7-13-23-22(12-6-14-24(23)25)21-11-8-18-30-19-21/h1-19H. The summed E-state index contributed by atoms with van der Waals surface area (Å²) in [5.74, 6) is 0. The number of pyridine rings is 1. The van der Waals surface area contributed by atoms with Crippen molar-refractivity contribution in [3.8, 4) is 33.6 Å². The highest BCUT2D eigenvalue weighted by Crippen LogP contribution is 2.37. The molecule has 0 radical (unpaired) electrons. The van der Waals surface area contributed by atoms with E-state index in [1.165, 1.54) is 5.39 Å². The third-order valence-electron chi connectivity index (χ3n) is 5.77. The van der Waals surface area contributed by atoms with Crippen LogP contribution >= 0.6 is 0 Å². The molecular weight excluding hydrogens is 390 g/mol. The lowest BCUT2D eigenvalue weighted by atomic mass is 9.93. The van der Waals surface area contributed by atoms with Crippen LogP contribution in [0, 0.1) is 0 Å². The molecule has 0 aliphatic rings. The number of rotatable bonds is 3. The van der Waals surface area contributed by atoms with E-state index in [0.717, 1.165) is 50.1 Å². The Bertz CT molecular complexity index is 1560. The van der Waals surface area contributed by atoms with E-state index in [4.69, 9.17) is 9.97 Å². The molecule has 0 amide bonds. The maximum atomic E-state index is 5.10. The largest absolute Gasteiger partial charge is 0.264 e. The first-order valence-corrected chi connectivity index (χ1v) is 10.6. The van der Waals surface area contributed by atoms with Gasteiger partial charge in [-0.15, -0.1) is 0 Å². The molecule has 0 saturated carbocycles. The monoisotopic (exact) mass is 409 g/mol. The Hall–Kier alpha value is -4.37. The number of para-hydroxylation sites is 2. The summed E-state index contributed by atoms with van der Waals surface area (Å²) in [6.45, 7) is 0. The van der Waals surface area contributed by atoms with Crippen molar-refractivity contribution in [3.63, 3.8) is 0 Å². The third-order valence-corrected chi connectivity index (χ3v) is 5.77. The number of aromatic nitrogens is 3. The highest BCUT2D eigenvalue weighted by molar-refractivity contribution is 6.05. The van der Waals surface area contributed by atoms with Crippen molar-refractivity contribution in [1.29, 1.82) is 0 Å². The van der Waals surface area contributed by atoms with Crippen LogP contribution in [0.1, 0.15) is 0 Å². The summed E-state index contributed by atoms with van der Waals surface area (Å²) in [6, 6.07) is 35.2. The fourth-order valence-corrected chi connectivity index (χ4v) is 4.28. The topological polar surface area (TPSA) is 38.7 Å². The Morgan fingerprint density at radius 3 is 1.78 bits per heavy atom. The van der Waals surface area contributed by atoms with Crippen LogP contribution in [0.4, 0.5) is 0 Å². The van der Waals surface area contributed by atoms with E-state index in [1.54, 1.807) is 6.20 Å². The molecule has 6 rings (SSSR count). The first-order valence-electron chi connectivity index (χ1n) is 10.6. The van der Waals surface area contributed by atoms with Crippen LogP contribution in [-0.4, -0.2) is 15.0 Å². The van der Waals surface area contributed by atoms with Gasteiger partial charge in [-0.05, 0) is 34.5 Å². The lowest BCUT2D eigenvalue weighted by Gasteiger charge is -2.14. The molecule has 3 heteroatoms. The summed E-state index contributed by atoms with van der Waals surface area (Å²) in [5.41, 5.74) is 7.96. The van der Waals surface area contributed by atoms with Gasteiger partial charge in [-0.2, -0.15) is 0 Å². The predicted octanol–water partition coefficient (Wildman–Crippen LogP) is 7.18. The summed E-state index contributed by atoms with van der Waals surface area (Å²) in [5, 5.41) is 2.32. The summed E-state index contributed by atoms with van der Waals surface area (Å²) < 4.78 is 0. The number of nitrogens with zero attached hydrogens (tertiary/aromatic N) is 3. The minimum absolute atomic E-state index is 0.891. The van der Waals surface area contributed by atoms with Crippen LogP contribution in [0.25, 0.3) is 55.4 Å². The molecule has 0 saturated heterocycles. The predicted molar refractivity (Wildman–Crippen MR) is 131 cm³/mol. The minimum Gasteiger partial charge on any atom is -0.264 e. The summed E-state index contributed by atoms with van der Waals surface area (Å²) >= 11 is 0. The summed E-state index contributed by atoms with van der Waals surface area (Å²) in [6.07, 6.45) is 3.71. The van der Waals surface area contributed by atoms with Gasteiger partial charge >= 0.3 is 0 Å². The lowest BCUT2D eigenvalue weighted by molar-refractivity contribution is 1.30. The van der Waals surface area contributed by atoms with E-state index in [0.29, 0.717) is 0 Å². The Morgan fingerprint density at radius 2 is 1.06 bits per heavy atom. The first-order chi connectivity index (χ1) is 15.9.